The van der Waals surface area contributed by atoms with Gasteiger partial charge in [0.05, 0.1) is 11.5 Å². The molecule has 0 bridgehead atoms. The Morgan fingerprint density at radius 2 is 1.96 bits per heavy atom. The van der Waals surface area contributed by atoms with Gasteiger partial charge >= 0.3 is 5.97 Å². The van der Waals surface area contributed by atoms with Gasteiger partial charge in [0.2, 0.25) is 6.79 Å². The number of carbonyl (C=O) groups excluding carboxylic acids is 1. The molecule has 0 N–H and O–H groups in total. The van der Waals surface area contributed by atoms with E-state index < -0.39 is 5.41 Å². The third-order valence-electron chi connectivity index (χ3n) is 4.91. The summed E-state index contributed by atoms with van der Waals surface area (Å²) in [7, 11) is 0. The quantitative estimate of drug-likeness (QED) is 0.839. The van der Waals surface area contributed by atoms with Crippen molar-refractivity contribution in [2.75, 3.05) is 19.9 Å². The van der Waals surface area contributed by atoms with Gasteiger partial charge in [-0.05, 0) is 51.3 Å². The Morgan fingerprint density at radius 1 is 1.28 bits per heavy atom. The maximum atomic E-state index is 12.1. The van der Waals surface area contributed by atoms with Crippen molar-refractivity contribution in [3.05, 3.63) is 23.8 Å². The maximum Gasteiger partial charge on any atom is 0.330 e. The fourth-order valence-corrected chi connectivity index (χ4v) is 3.20. The number of piperidine rings is 1. The maximum absolute atomic E-state index is 12.1. The van der Waals surface area contributed by atoms with Crippen molar-refractivity contribution in [2.45, 2.75) is 45.4 Å². The van der Waals surface area contributed by atoms with Gasteiger partial charge in [0, 0.05) is 24.9 Å². The van der Waals surface area contributed by atoms with E-state index in [1.807, 2.05) is 39.0 Å². The standard InChI is InChI=1S/C19H24N2O4/c1-18(2,3)17(22)25-21-10-7-19(6-9-20,8-11-21)14-4-5-15-16(12-14)24-13-23-15/h4-5,12H,6-8,10-11,13H2,1-3H3. The summed E-state index contributed by atoms with van der Waals surface area (Å²) in [5.41, 5.74) is 0.305. The lowest BCUT2D eigenvalue weighted by Crippen LogP contribution is -2.44. The van der Waals surface area contributed by atoms with E-state index in [1.54, 1.807) is 5.06 Å². The van der Waals surface area contributed by atoms with Gasteiger partial charge in [-0.1, -0.05) is 6.07 Å². The van der Waals surface area contributed by atoms with Crippen LogP contribution >= 0.6 is 0 Å². The van der Waals surface area contributed by atoms with Crippen LogP contribution in [0.2, 0.25) is 0 Å². The Hall–Kier alpha value is -2.26. The lowest BCUT2D eigenvalue weighted by Gasteiger charge is -2.40. The van der Waals surface area contributed by atoms with Crippen molar-refractivity contribution in [3.63, 3.8) is 0 Å². The van der Waals surface area contributed by atoms with Crippen LogP contribution in [-0.4, -0.2) is 30.9 Å². The van der Waals surface area contributed by atoms with Crippen molar-refractivity contribution >= 4 is 5.97 Å². The van der Waals surface area contributed by atoms with E-state index >= 15 is 0 Å². The first kappa shape index (κ1) is 17.6. The highest BCUT2D eigenvalue weighted by Crippen LogP contribution is 2.43. The molecule has 25 heavy (non-hydrogen) atoms. The first-order valence-electron chi connectivity index (χ1n) is 8.58. The number of nitrogens with zero attached hydrogens (tertiary/aromatic N) is 2. The van der Waals surface area contributed by atoms with Crippen molar-refractivity contribution < 1.29 is 19.1 Å². The molecule has 6 heteroatoms. The van der Waals surface area contributed by atoms with Gasteiger partial charge in [-0.3, -0.25) is 0 Å². The second kappa shape index (κ2) is 6.57. The molecule has 1 aromatic rings. The fraction of sp³-hybridized carbons (Fsp3) is 0.579. The smallest absolute Gasteiger partial charge is 0.330 e. The second-order valence-electron chi connectivity index (χ2n) is 7.74. The van der Waals surface area contributed by atoms with Crippen molar-refractivity contribution in [3.8, 4) is 17.6 Å². The van der Waals surface area contributed by atoms with Gasteiger partial charge in [0.1, 0.15) is 0 Å². The molecule has 0 spiro atoms. The van der Waals surface area contributed by atoms with Gasteiger partial charge in [0.15, 0.2) is 11.5 Å². The molecule has 1 saturated heterocycles. The summed E-state index contributed by atoms with van der Waals surface area (Å²) in [6.07, 6.45) is 1.92. The summed E-state index contributed by atoms with van der Waals surface area (Å²) in [4.78, 5) is 17.6. The number of benzene rings is 1. The molecule has 0 atom stereocenters. The highest BCUT2D eigenvalue weighted by atomic mass is 16.7. The van der Waals surface area contributed by atoms with E-state index in [9.17, 15) is 10.1 Å². The van der Waals surface area contributed by atoms with Crippen LogP contribution < -0.4 is 9.47 Å². The molecular formula is C19H24N2O4. The summed E-state index contributed by atoms with van der Waals surface area (Å²) >= 11 is 0. The molecule has 1 aromatic carbocycles. The summed E-state index contributed by atoms with van der Waals surface area (Å²) in [5.74, 6) is 1.24. The Balaban J connectivity index is 1.73. The Labute approximate surface area is 148 Å². The van der Waals surface area contributed by atoms with Crippen LogP contribution in [0, 0.1) is 16.7 Å². The summed E-state index contributed by atoms with van der Waals surface area (Å²) < 4.78 is 10.9. The molecule has 0 amide bonds. The Bertz CT molecular complexity index is 694. The van der Waals surface area contributed by atoms with Gasteiger partial charge in [-0.15, -0.1) is 5.06 Å². The second-order valence-corrected chi connectivity index (χ2v) is 7.74. The summed E-state index contributed by atoms with van der Waals surface area (Å²) in [6.45, 7) is 6.97. The first-order chi connectivity index (χ1) is 11.8. The first-order valence-corrected chi connectivity index (χ1v) is 8.58. The van der Waals surface area contributed by atoms with Gasteiger partial charge in [-0.2, -0.15) is 5.26 Å². The predicted octanol–water partition coefficient (Wildman–Crippen LogP) is 3.17. The van der Waals surface area contributed by atoms with Gasteiger partial charge < -0.3 is 14.3 Å². The zero-order valence-corrected chi connectivity index (χ0v) is 15.0. The molecule has 2 aliphatic rings. The fourth-order valence-electron chi connectivity index (χ4n) is 3.20. The number of hydrogen-bond donors (Lipinski definition) is 0. The largest absolute Gasteiger partial charge is 0.454 e. The number of fused-ring (bicyclic) bond motifs is 1. The van der Waals surface area contributed by atoms with Crippen molar-refractivity contribution in [1.82, 2.24) is 5.06 Å². The molecular weight excluding hydrogens is 320 g/mol. The summed E-state index contributed by atoms with van der Waals surface area (Å²) in [6, 6.07) is 8.23. The lowest BCUT2D eigenvalue weighted by molar-refractivity contribution is -0.207. The summed E-state index contributed by atoms with van der Waals surface area (Å²) in [5, 5.41) is 11.1. The van der Waals surface area contributed by atoms with E-state index in [0.717, 1.165) is 29.9 Å². The van der Waals surface area contributed by atoms with E-state index in [4.69, 9.17) is 14.3 Å². The molecule has 0 radical (unpaired) electrons. The Morgan fingerprint density at radius 3 is 2.60 bits per heavy atom. The van der Waals surface area contributed by atoms with Crippen LogP contribution in [0.3, 0.4) is 0 Å². The zero-order valence-electron chi connectivity index (χ0n) is 15.0. The molecule has 0 aromatic heterocycles. The zero-order chi connectivity index (χ0) is 18.1. The number of nitriles is 1. The SMILES string of the molecule is CC(C)(C)C(=O)ON1CCC(CC#N)(c2ccc3c(c2)OCO3)CC1. The minimum atomic E-state index is -0.529. The van der Waals surface area contributed by atoms with Gasteiger partial charge in [0.25, 0.3) is 0 Å². The molecule has 3 rings (SSSR count). The molecule has 0 aliphatic carbocycles. The van der Waals surface area contributed by atoms with E-state index in [1.165, 1.54) is 0 Å². The third-order valence-corrected chi connectivity index (χ3v) is 4.91. The molecule has 1 fully saturated rings. The third kappa shape index (κ3) is 3.57. The van der Waals surface area contributed by atoms with E-state index in [-0.39, 0.29) is 18.2 Å². The molecule has 6 nitrogen and oxygen atoms in total. The molecule has 2 aliphatic heterocycles. The van der Waals surface area contributed by atoms with Gasteiger partial charge in [-0.25, -0.2) is 4.79 Å². The number of rotatable bonds is 3. The molecule has 0 saturated carbocycles. The highest BCUT2D eigenvalue weighted by molar-refractivity contribution is 5.75. The van der Waals surface area contributed by atoms with Crippen LogP contribution in [0.4, 0.5) is 0 Å². The van der Waals surface area contributed by atoms with E-state index in [0.29, 0.717) is 19.5 Å². The van der Waals surface area contributed by atoms with Crippen LogP contribution in [0.15, 0.2) is 18.2 Å². The lowest BCUT2D eigenvalue weighted by atomic mass is 9.71. The average Bonchev–Trinajstić information content (AvgIpc) is 3.03. The number of carbonyl (C=O) groups is 1. The normalized spacial score (nSPS) is 19.3. The molecule has 0 unspecified atom stereocenters. The number of hydrogen-bond acceptors (Lipinski definition) is 6. The van der Waals surface area contributed by atoms with Crippen LogP contribution in [-0.2, 0) is 15.0 Å². The minimum absolute atomic E-state index is 0.233. The topological polar surface area (TPSA) is 71.8 Å². The number of hydroxylamine groups is 2. The van der Waals surface area contributed by atoms with Crippen LogP contribution in [0.25, 0.3) is 0 Å². The molecule has 2 heterocycles. The highest BCUT2D eigenvalue weighted by Gasteiger charge is 2.39. The predicted molar refractivity (Wildman–Crippen MR) is 90.8 cm³/mol. The van der Waals surface area contributed by atoms with E-state index in [2.05, 4.69) is 6.07 Å². The van der Waals surface area contributed by atoms with Crippen molar-refractivity contribution in [2.24, 2.45) is 5.41 Å². The minimum Gasteiger partial charge on any atom is -0.454 e. The van der Waals surface area contributed by atoms with Crippen molar-refractivity contribution in [1.29, 1.82) is 5.26 Å². The average molecular weight is 344 g/mol. The van der Waals surface area contributed by atoms with Crippen LogP contribution in [0.5, 0.6) is 11.5 Å². The molecule has 134 valence electrons. The number of ether oxygens (including phenoxy) is 2. The van der Waals surface area contributed by atoms with Crippen LogP contribution in [0.1, 0.15) is 45.6 Å². The monoisotopic (exact) mass is 344 g/mol. The Kier molecular flexibility index (Phi) is 4.61.